The van der Waals surface area contributed by atoms with Gasteiger partial charge in [0.25, 0.3) is 5.91 Å². The summed E-state index contributed by atoms with van der Waals surface area (Å²) in [6.07, 6.45) is 2.59. The minimum atomic E-state index is -0.223. The van der Waals surface area contributed by atoms with Crippen LogP contribution in [0.15, 0.2) is 24.3 Å². The lowest BCUT2D eigenvalue weighted by Crippen LogP contribution is -2.43. The normalized spacial score (nSPS) is 14.2. The van der Waals surface area contributed by atoms with Crippen LogP contribution >= 0.6 is 12.4 Å². The van der Waals surface area contributed by atoms with Crippen LogP contribution in [-0.4, -0.2) is 24.1 Å². The van der Waals surface area contributed by atoms with Crippen molar-refractivity contribution in [1.82, 2.24) is 10.6 Å². The molecule has 118 valence electrons. The zero-order valence-corrected chi connectivity index (χ0v) is 13.8. The number of halogens is 1. The van der Waals surface area contributed by atoms with Crippen LogP contribution < -0.4 is 15.4 Å². The van der Waals surface area contributed by atoms with E-state index in [0.29, 0.717) is 6.04 Å². The molecule has 2 rings (SSSR count). The Morgan fingerprint density at radius 1 is 1.24 bits per heavy atom. The summed E-state index contributed by atoms with van der Waals surface area (Å²) in [6.45, 7) is 6.80. The Bertz CT molecular complexity index is 450. The molecule has 1 amide bonds. The second kappa shape index (κ2) is 7.66. The van der Waals surface area contributed by atoms with Gasteiger partial charge in [0.1, 0.15) is 5.75 Å². The number of hydrogen-bond donors (Lipinski definition) is 2. The maximum absolute atomic E-state index is 11.6. The van der Waals surface area contributed by atoms with Crippen LogP contribution in [-0.2, 0) is 11.3 Å². The minimum absolute atomic E-state index is 0. The van der Waals surface area contributed by atoms with Gasteiger partial charge in [-0.1, -0.05) is 12.1 Å². The molecular formula is C16H25ClN2O2. The Balaban J connectivity index is 0.00000220. The molecule has 0 aromatic heterocycles. The second-order valence-corrected chi connectivity index (χ2v) is 6.39. The van der Waals surface area contributed by atoms with Crippen LogP contribution in [0.5, 0.6) is 5.75 Å². The molecule has 0 atom stereocenters. The Hall–Kier alpha value is -1.26. The number of hydrogen-bond acceptors (Lipinski definition) is 3. The first-order valence-electron chi connectivity index (χ1n) is 7.18. The largest absolute Gasteiger partial charge is 0.484 e. The van der Waals surface area contributed by atoms with Crippen LogP contribution in [0.3, 0.4) is 0 Å². The Labute approximate surface area is 133 Å². The summed E-state index contributed by atoms with van der Waals surface area (Å²) in [6, 6.07) is 8.61. The molecule has 0 unspecified atom stereocenters. The molecule has 0 aliphatic heterocycles. The Kier molecular flexibility index (Phi) is 6.49. The van der Waals surface area contributed by atoms with Gasteiger partial charge in [0.15, 0.2) is 6.61 Å². The van der Waals surface area contributed by atoms with Crippen LogP contribution in [0.1, 0.15) is 39.2 Å². The van der Waals surface area contributed by atoms with E-state index in [9.17, 15) is 4.79 Å². The SMILES string of the molecule is CC(C)(C)NC(=O)COc1ccc(CNC2CC2)cc1.Cl. The number of amides is 1. The van der Waals surface area contributed by atoms with Gasteiger partial charge in [-0.15, -0.1) is 12.4 Å². The van der Waals surface area contributed by atoms with Gasteiger partial charge in [-0.25, -0.2) is 0 Å². The third-order valence-corrected chi connectivity index (χ3v) is 2.98. The molecule has 1 fully saturated rings. The summed E-state index contributed by atoms with van der Waals surface area (Å²) < 4.78 is 5.47. The summed E-state index contributed by atoms with van der Waals surface area (Å²) in [5.74, 6) is 0.626. The molecule has 0 bridgehead atoms. The lowest BCUT2D eigenvalue weighted by atomic mass is 10.1. The number of carbonyl (C=O) groups is 1. The highest BCUT2D eigenvalue weighted by Crippen LogP contribution is 2.19. The van der Waals surface area contributed by atoms with Crippen LogP contribution in [0, 0.1) is 0 Å². The van der Waals surface area contributed by atoms with E-state index in [1.165, 1.54) is 18.4 Å². The van der Waals surface area contributed by atoms with Crippen molar-refractivity contribution in [3.63, 3.8) is 0 Å². The molecule has 1 aliphatic rings. The maximum atomic E-state index is 11.6. The van der Waals surface area contributed by atoms with Crippen molar-refractivity contribution in [3.05, 3.63) is 29.8 Å². The number of ether oxygens (including phenoxy) is 1. The average Bonchev–Trinajstić information content (AvgIpc) is 3.17. The summed E-state index contributed by atoms with van der Waals surface area (Å²) in [7, 11) is 0. The van der Waals surface area contributed by atoms with E-state index >= 15 is 0 Å². The van der Waals surface area contributed by atoms with Gasteiger partial charge < -0.3 is 15.4 Å². The van der Waals surface area contributed by atoms with E-state index in [1.54, 1.807) is 0 Å². The predicted octanol–water partition coefficient (Wildman–Crippen LogP) is 2.65. The van der Waals surface area contributed by atoms with E-state index < -0.39 is 0 Å². The van der Waals surface area contributed by atoms with Crippen molar-refractivity contribution in [3.8, 4) is 5.75 Å². The highest BCUT2D eigenvalue weighted by Gasteiger charge is 2.19. The molecular weight excluding hydrogens is 288 g/mol. The molecule has 21 heavy (non-hydrogen) atoms. The zero-order valence-electron chi connectivity index (χ0n) is 12.9. The summed E-state index contributed by atoms with van der Waals surface area (Å²) in [4.78, 5) is 11.6. The van der Waals surface area contributed by atoms with Crippen LogP contribution in [0.25, 0.3) is 0 Å². The smallest absolute Gasteiger partial charge is 0.258 e. The fourth-order valence-electron chi connectivity index (χ4n) is 1.86. The maximum Gasteiger partial charge on any atom is 0.258 e. The van der Waals surface area contributed by atoms with Crippen LogP contribution in [0.4, 0.5) is 0 Å². The van der Waals surface area contributed by atoms with E-state index in [4.69, 9.17) is 4.74 Å². The zero-order chi connectivity index (χ0) is 14.6. The van der Waals surface area contributed by atoms with Gasteiger partial charge >= 0.3 is 0 Å². The fourth-order valence-corrected chi connectivity index (χ4v) is 1.86. The molecule has 0 radical (unpaired) electrons. The lowest BCUT2D eigenvalue weighted by Gasteiger charge is -2.20. The number of nitrogens with one attached hydrogen (secondary N) is 2. The van der Waals surface area contributed by atoms with E-state index in [1.807, 2.05) is 45.0 Å². The molecule has 0 heterocycles. The monoisotopic (exact) mass is 312 g/mol. The first-order valence-corrected chi connectivity index (χ1v) is 7.18. The van der Waals surface area contributed by atoms with Gasteiger partial charge in [0.2, 0.25) is 0 Å². The van der Waals surface area contributed by atoms with Crippen molar-refractivity contribution in [2.45, 2.75) is 51.7 Å². The molecule has 1 aliphatic carbocycles. The fraction of sp³-hybridized carbons (Fsp3) is 0.562. The topological polar surface area (TPSA) is 50.4 Å². The van der Waals surface area contributed by atoms with Crippen molar-refractivity contribution in [2.24, 2.45) is 0 Å². The highest BCUT2D eigenvalue weighted by atomic mass is 35.5. The number of rotatable bonds is 6. The van der Waals surface area contributed by atoms with Gasteiger partial charge in [-0.3, -0.25) is 4.79 Å². The van der Waals surface area contributed by atoms with Gasteiger partial charge in [-0.2, -0.15) is 0 Å². The Morgan fingerprint density at radius 2 is 1.86 bits per heavy atom. The molecule has 5 heteroatoms. The van der Waals surface area contributed by atoms with E-state index in [2.05, 4.69) is 10.6 Å². The molecule has 1 aromatic rings. The molecule has 2 N–H and O–H groups in total. The molecule has 1 aromatic carbocycles. The Morgan fingerprint density at radius 3 is 2.38 bits per heavy atom. The van der Waals surface area contributed by atoms with Crippen molar-refractivity contribution in [1.29, 1.82) is 0 Å². The third kappa shape index (κ3) is 7.34. The van der Waals surface area contributed by atoms with Gasteiger partial charge in [0, 0.05) is 18.1 Å². The molecule has 1 saturated carbocycles. The van der Waals surface area contributed by atoms with Gasteiger partial charge in [-0.05, 0) is 51.3 Å². The van der Waals surface area contributed by atoms with E-state index in [0.717, 1.165) is 12.3 Å². The van der Waals surface area contributed by atoms with Crippen molar-refractivity contribution in [2.75, 3.05) is 6.61 Å². The van der Waals surface area contributed by atoms with Crippen LogP contribution in [0.2, 0.25) is 0 Å². The predicted molar refractivity (Wildman–Crippen MR) is 86.9 cm³/mol. The standard InChI is InChI=1S/C16H24N2O2.ClH/c1-16(2,3)18-15(19)11-20-14-8-4-12(5-9-14)10-17-13-6-7-13;/h4-5,8-9,13,17H,6-7,10-11H2,1-3H3,(H,18,19);1H. The minimum Gasteiger partial charge on any atom is -0.484 e. The van der Waals surface area contributed by atoms with Gasteiger partial charge in [0.05, 0.1) is 0 Å². The second-order valence-electron chi connectivity index (χ2n) is 6.39. The third-order valence-electron chi connectivity index (χ3n) is 2.98. The lowest BCUT2D eigenvalue weighted by molar-refractivity contribution is -0.124. The first-order chi connectivity index (χ1) is 9.42. The first kappa shape index (κ1) is 17.8. The molecule has 4 nitrogen and oxygen atoms in total. The quantitative estimate of drug-likeness (QED) is 0.849. The molecule has 0 saturated heterocycles. The molecule has 0 spiro atoms. The van der Waals surface area contributed by atoms with Crippen molar-refractivity contribution < 1.29 is 9.53 Å². The summed E-state index contributed by atoms with van der Waals surface area (Å²) >= 11 is 0. The number of benzene rings is 1. The summed E-state index contributed by atoms with van der Waals surface area (Å²) in [5.41, 5.74) is 1.02. The van der Waals surface area contributed by atoms with E-state index in [-0.39, 0.29) is 30.5 Å². The number of carbonyl (C=O) groups excluding carboxylic acids is 1. The summed E-state index contributed by atoms with van der Waals surface area (Å²) in [5, 5.41) is 6.33. The van der Waals surface area contributed by atoms with Crippen molar-refractivity contribution >= 4 is 18.3 Å². The highest BCUT2D eigenvalue weighted by molar-refractivity contribution is 5.85. The average molecular weight is 313 g/mol.